The van der Waals surface area contributed by atoms with Gasteiger partial charge in [0, 0.05) is 10.5 Å². The Morgan fingerprint density at radius 3 is 2.50 bits per heavy atom. The molecule has 1 amide bonds. The summed E-state index contributed by atoms with van der Waals surface area (Å²) in [6.07, 6.45) is 0. The molecule has 1 unspecified atom stereocenters. The number of amides is 1. The van der Waals surface area contributed by atoms with Gasteiger partial charge in [0.25, 0.3) is 5.91 Å². The summed E-state index contributed by atoms with van der Waals surface area (Å²) in [7, 11) is 1.56. The highest BCUT2D eigenvalue weighted by Gasteiger charge is 2.14. The third-order valence-electron chi connectivity index (χ3n) is 2.99. The first-order valence-electron chi connectivity index (χ1n) is 6.31. The average molecular weight is 334 g/mol. The lowest BCUT2D eigenvalue weighted by Crippen LogP contribution is -2.14. The summed E-state index contributed by atoms with van der Waals surface area (Å²) in [5, 5.41) is 2.93. The Morgan fingerprint density at radius 1 is 1.15 bits per heavy atom. The van der Waals surface area contributed by atoms with E-state index in [2.05, 4.69) is 21.2 Å². The van der Waals surface area contributed by atoms with Crippen molar-refractivity contribution in [1.29, 1.82) is 0 Å². The van der Waals surface area contributed by atoms with E-state index < -0.39 is 0 Å². The molecule has 0 aliphatic carbocycles. The minimum Gasteiger partial charge on any atom is -0.496 e. The summed E-state index contributed by atoms with van der Waals surface area (Å²) in [6, 6.07) is 14.9. The fourth-order valence-electron chi connectivity index (χ4n) is 1.98. The zero-order valence-corrected chi connectivity index (χ0v) is 13.0. The van der Waals surface area contributed by atoms with Crippen LogP contribution in [0.4, 0.5) is 5.69 Å². The van der Waals surface area contributed by atoms with E-state index in [4.69, 9.17) is 4.74 Å². The smallest absolute Gasteiger partial charge is 0.259 e. The van der Waals surface area contributed by atoms with E-state index in [-0.39, 0.29) is 10.7 Å². The van der Waals surface area contributed by atoms with Gasteiger partial charge in [0.15, 0.2) is 0 Å². The molecule has 0 bridgehead atoms. The molecule has 20 heavy (non-hydrogen) atoms. The topological polar surface area (TPSA) is 38.3 Å². The van der Waals surface area contributed by atoms with Crippen LogP contribution in [0.5, 0.6) is 5.75 Å². The average Bonchev–Trinajstić information content (AvgIpc) is 2.47. The van der Waals surface area contributed by atoms with Gasteiger partial charge >= 0.3 is 0 Å². The number of ether oxygens (including phenoxy) is 1. The van der Waals surface area contributed by atoms with Crippen LogP contribution < -0.4 is 10.1 Å². The number of carbonyl (C=O) groups excluding carboxylic acids is 1. The van der Waals surface area contributed by atoms with Crippen LogP contribution in [-0.2, 0) is 0 Å². The Labute approximate surface area is 127 Å². The molecule has 0 aliphatic rings. The summed E-state index contributed by atoms with van der Waals surface area (Å²) in [5.74, 6) is 0.387. The Bertz CT molecular complexity index is 611. The molecular weight excluding hydrogens is 318 g/mol. The van der Waals surface area contributed by atoms with E-state index in [0.717, 1.165) is 11.3 Å². The molecule has 2 rings (SSSR count). The normalized spacial score (nSPS) is 11.8. The van der Waals surface area contributed by atoms with Gasteiger partial charge < -0.3 is 10.1 Å². The van der Waals surface area contributed by atoms with Crippen molar-refractivity contribution < 1.29 is 9.53 Å². The molecule has 0 saturated carbocycles. The van der Waals surface area contributed by atoms with Crippen LogP contribution in [-0.4, -0.2) is 13.0 Å². The first kappa shape index (κ1) is 14.6. The quantitative estimate of drug-likeness (QED) is 0.842. The number of methoxy groups -OCH3 is 1. The monoisotopic (exact) mass is 333 g/mol. The van der Waals surface area contributed by atoms with Crippen molar-refractivity contribution in [3.8, 4) is 5.75 Å². The number of hydrogen-bond acceptors (Lipinski definition) is 2. The molecule has 0 spiro atoms. The fourth-order valence-corrected chi connectivity index (χ4v) is 2.38. The second kappa shape index (κ2) is 6.57. The summed E-state index contributed by atoms with van der Waals surface area (Å²) < 4.78 is 5.21. The Balaban J connectivity index is 2.28. The van der Waals surface area contributed by atoms with Crippen LogP contribution in [0.1, 0.15) is 27.7 Å². The van der Waals surface area contributed by atoms with E-state index in [1.807, 2.05) is 43.3 Å². The summed E-state index contributed by atoms with van der Waals surface area (Å²) >= 11 is 3.53. The van der Waals surface area contributed by atoms with Crippen LogP contribution in [0.3, 0.4) is 0 Å². The highest BCUT2D eigenvalue weighted by atomic mass is 79.9. The molecule has 0 saturated heterocycles. The van der Waals surface area contributed by atoms with Gasteiger partial charge in [-0.3, -0.25) is 4.79 Å². The van der Waals surface area contributed by atoms with Crippen LogP contribution in [0.15, 0.2) is 48.5 Å². The highest BCUT2D eigenvalue weighted by Crippen LogP contribution is 2.29. The minimum atomic E-state index is -0.178. The third-order valence-corrected chi connectivity index (χ3v) is 3.48. The molecule has 1 atom stereocenters. The number of halogens is 1. The molecule has 4 heteroatoms. The standard InChI is InChI=1S/C16H16BrNO2/c1-11(17)12-7-3-5-9-14(12)18-16(19)13-8-4-6-10-15(13)20-2/h3-11H,1-2H3,(H,18,19). The number of anilines is 1. The van der Waals surface area contributed by atoms with Gasteiger partial charge in [-0.15, -0.1) is 0 Å². The number of benzene rings is 2. The fraction of sp³-hybridized carbons (Fsp3) is 0.188. The summed E-state index contributed by atoms with van der Waals surface area (Å²) in [5.41, 5.74) is 2.36. The molecule has 2 aromatic rings. The molecule has 0 radical (unpaired) electrons. The lowest BCUT2D eigenvalue weighted by Gasteiger charge is -2.14. The van der Waals surface area contributed by atoms with Crippen molar-refractivity contribution >= 4 is 27.5 Å². The molecule has 104 valence electrons. The minimum absolute atomic E-state index is 0.164. The highest BCUT2D eigenvalue weighted by molar-refractivity contribution is 9.09. The maximum Gasteiger partial charge on any atom is 0.259 e. The van der Waals surface area contributed by atoms with Crippen LogP contribution in [0.25, 0.3) is 0 Å². The summed E-state index contributed by atoms with van der Waals surface area (Å²) in [6.45, 7) is 2.02. The number of carbonyl (C=O) groups is 1. The molecule has 0 aliphatic heterocycles. The molecule has 0 aromatic heterocycles. The van der Waals surface area contributed by atoms with Crippen LogP contribution in [0.2, 0.25) is 0 Å². The van der Waals surface area contributed by atoms with Crippen LogP contribution >= 0.6 is 15.9 Å². The first-order chi connectivity index (χ1) is 9.63. The largest absolute Gasteiger partial charge is 0.496 e. The molecule has 3 nitrogen and oxygen atoms in total. The van der Waals surface area contributed by atoms with Gasteiger partial charge in [-0.1, -0.05) is 46.3 Å². The zero-order valence-electron chi connectivity index (χ0n) is 11.4. The van der Waals surface area contributed by atoms with Gasteiger partial charge in [-0.25, -0.2) is 0 Å². The van der Waals surface area contributed by atoms with E-state index in [0.29, 0.717) is 11.3 Å². The van der Waals surface area contributed by atoms with Crippen molar-refractivity contribution in [2.24, 2.45) is 0 Å². The maximum absolute atomic E-state index is 12.4. The predicted octanol–water partition coefficient (Wildman–Crippen LogP) is 4.40. The molecular formula is C16H16BrNO2. The van der Waals surface area contributed by atoms with Crippen molar-refractivity contribution in [2.75, 3.05) is 12.4 Å². The number of nitrogens with one attached hydrogen (secondary N) is 1. The van der Waals surface area contributed by atoms with Gasteiger partial charge in [0.05, 0.1) is 12.7 Å². The SMILES string of the molecule is COc1ccccc1C(=O)Nc1ccccc1C(C)Br. The van der Waals surface area contributed by atoms with Crippen molar-refractivity contribution in [1.82, 2.24) is 0 Å². The van der Waals surface area contributed by atoms with Crippen molar-refractivity contribution in [3.63, 3.8) is 0 Å². The maximum atomic E-state index is 12.4. The zero-order chi connectivity index (χ0) is 14.5. The first-order valence-corrected chi connectivity index (χ1v) is 7.22. The molecule has 1 N–H and O–H groups in total. The van der Waals surface area contributed by atoms with E-state index in [1.54, 1.807) is 19.2 Å². The second-order valence-electron chi connectivity index (χ2n) is 4.36. The second-order valence-corrected chi connectivity index (χ2v) is 5.73. The number of rotatable bonds is 4. The molecule has 0 heterocycles. The summed E-state index contributed by atoms with van der Waals surface area (Å²) in [4.78, 5) is 12.5. The predicted molar refractivity (Wildman–Crippen MR) is 84.7 cm³/mol. The van der Waals surface area contributed by atoms with E-state index in [1.165, 1.54) is 0 Å². The molecule has 2 aromatic carbocycles. The van der Waals surface area contributed by atoms with Gasteiger partial charge in [0.1, 0.15) is 5.75 Å². The Morgan fingerprint density at radius 2 is 1.80 bits per heavy atom. The van der Waals surface area contributed by atoms with Gasteiger partial charge in [0.2, 0.25) is 0 Å². The Hall–Kier alpha value is -1.81. The lowest BCUT2D eigenvalue weighted by molar-refractivity contribution is 0.102. The third kappa shape index (κ3) is 3.20. The van der Waals surface area contributed by atoms with E-state index in [9.17, 15) is 4.79 Å². The number of alkyl halides is 1. The van der Waals surface area contributed by atoms with Crippen LogP contribution in [0, 0.1) is 0 Å². The lowest BCUT2D eigenvalue weighted by atomic mass is 10.1. The molecule has 0 fully saturated rings. The van der Waals surface area contributed by atoms with Crippen molar-refractivity contribution in [2.45, 2.75) is 11.8 Å². The number of hydrogen-bond donors (Lipinski definition) is 1. The van der Waals surface area contributed by atoms with Crippen molar-refractivity contribution in [3.05, 3.63) is 59.7 Å². The number of para-hydroxylation sites is 2. The Kier molecular flexibility index (Phi) is 4.79. The van der Waals surface area contributed by atoms with E-state index >= 15 is 0 Å². The van der Waals surface area contributed by atoms with Gasteiger partial charge in [-0.2, -0.15) is 0 Å². The van der Waals surface area contributed by atoms with Gasteiger partial charge in [-0.05, 0) is 30.7 Å².